The Hall–Kier alpha value is -2.07. The summed E-state index contributed by atoms with van der Waals surface area (Å²) in [5, 5.41) is 6.32. The zero-order valence-electron chi connectivity index (χ0n) is 12.7. The lowest BCUT2D eigenvalue weighted by Crippen LogP contribution is -2.29. The lowest BCUT2D eigenvalue weighted by molar-refractivity contribution is -0.121. The first kappa shape index (κ1) is 15.3. The molecule has 1 atom stereocenters. The quantitative estimate of drug-likeness (QED) is 0.821. The van der Waals surface area contributed by atoms with Gasteiger partial charge in [-0.25, -0.2) is 0 Å². The van der Waals surface area contributed by atoms with Crippen LogP contribution in [0.15, 0.2) is 48.7 Å². The summed E-state index contributed by atoms with van der Waals surface area (Å²) in [6.45, 7) is 6.02. The molecule has 0 fully saturated rings. The Morgan fingerprint density at radius 1 is 1.19 bits per heavy atom. The van der Waals surface area contributed by atoms with Gasteiger partial charge in [0.2, 0.25) is 5.91 Å². The van der Waals surface area contributed by atoms with Gasteiger partial charge in [-0.15, -0.1) is 0 Å². The van der Waals surface area contributed by atoms with Crippen molar-refractivity contribution in [2.75, 3.05) is 6.54 Å². The van der Waals surface area contributed by atoms with Gasteiger partial charge >= 0.3 is 0 Å². The molecule has 2 rings (SSSR count). The molecule has 0 aliphatic heterocycles. The topological polar surface area (TPSA) is 46.1 Å². The third-order valence-corrected chi connectivity index (χ3v) is 3.47. The van der Waals surface area contributed by atoms with E-state index in [1.165, 1.54) is 0 Å². The summed E-state index contributed by atoms with van der Waals surface area (Å²) in [5.74, 6) is 0.0278. The van der Waals surface area contributed by atoms with Crippen LogP contribution in [0.25, 0.3) is 0 Å². The standard InChI is InChI=1S/C17H23N3O/c1-3-18-14(2)16-10-7-11-20(16)13-17(21)19-12-15-8-5-4-6-9-15/h4-11,14,18H,3,12-13H2,1-2H3,(H,19,21). The molecule has 4 nitrogen and oxygen atoms in total. The van der Waals surface area contributed by atoms with E-state index in [0.717, 1.165) is 17.8 Å². The fraction of sp³-hybridized carbons (Fsp3) is 0.353. The molecule has 0 aliphatic rings. The molecule has 0 bridgehead atoms. The molecule has 1 unspecified atom stereocenters. The molecule has 0 aliphatic carbocycles. The van der Waals surface area contributed by atoms with Crippen molar-refractivity contribution in [2.24, 2.45) is 0 Å². The van der Waals surface area contributed by atoms with Crippen molar-refractivity contribution in [2.45, 2.75) is 33.0 Å². The molecule has 0 spiro atoms. The van der Waals surface area contributed by atoms with Crippen LogP contribution in [0.1, 0.15) is 31.1 Å². The van der Waals surface area contributed by atoms with E-state index in [0.29, 0.717) is 13.1 Å². The molecule has 0 radical (unpaired) electrons. The van der Waals surface area contributed by atoms with Crippen LogP contribution in [-0.4, -0.2) is 17.0 Å². The maximum absolute atomic E-state index is 12.1. The first-order valence-corrected chi connectivity index (χ1v) is 7.39. The minimum Gasteiger partial charge on any atom is -0.350 e. The molecule has 1 amide bonds. The second-order valence-corrected chi connectivity index (χ2v) is 5.10. The van der Waals surface area contributed by atoms with Crippen molar-refractivity contribution in [3.63, 3.8) is 0 Å². The molecular formula is C17H23N3O. The van der Waals surface area contributed by atoms with E-state index < -0.39 is 0 Å². The number of nitrogens with zero attached hydrogens (tertiary/aromatic N) is 1. The smallest absolute Gasteiger partial charge is 0.240 e. The highest BCUT2D eigenvalue weighted by atomic mass is 16.1. The molecule has 1 aromatic carbocycles. The predicted molar refractivity (Wildman–Crippen MR) is 84.8 cm³/mol. The van der Waals surface area contributed by atoms with Crippen LogP contribution in [0.2, 0.25) is 0 Å². The van der Waals surface area contributed by atoms with Crippen LogP contribution in [-0.2, 0) is 17.9 Å². The minimum absolute atomic E-state index is 0.0278. The van der Waals surface area contributed by atoms with Gasteiger partial charge in [0, 0.05) is 24.5 Å². The Balaban J connectivity index is 1.90. The summed E-state index contributed by atoms with van der Waals surface area (Å²) < 4.78 is 1.99. The highest BCUT2D eigenvalue weighted by molar-refractivity contribution is 5.75. The molecule has 1 aromatic heterocycles. The van der Waals surface area contributed by atoms with Crippen LogP contribution in [0.3, 0.4) is 0 Å². The largest absolute Gasteiger partial charge is 0.350 e. The van der Waals surface area contributed by atoms with E-state index in [-0.39, 0.29) is 11.9 Å². The number of carbonyl (C=O) groups is 1. The summed E-state index contributed by atoms with van der Waals surface area (Å²) in [5.41, 5.74) is 2.24. The Kier molecular flexibility index (Phi) is 5.58. The average molecular weight is 285 g/mol. The van der Waals surface area contributed by atoms with Gasteiger partial charge in [0.25, 0.3) is 0 Å². The van der Waals surface area contributed by atoms with E-state index >= 15 is 0 Å². The normalized spacial score (nSPS) is 12.1. The number of rotatable bonds is 7. The van der Waals surface area contributed by atoms with Gasteiger partial charge in [-0.3, -0.25) is 4.79 Å². The second kappa shape index (κ2) is 7.64. The van der Waals surface area contributed by atoms with E-state index in [9.17, 15) is 4.79 Å². The fourth-order valence-electron chi connectivity index (χ4n) is 2.38. The van der Waals surface area contributed by atoms with Crippen LogP contribution in [0.5, 0.6) is 0 Å². The van der Waals surface area contributed by atoms with E-state index in [4.69, 9.17) is 0 Å². The van der Waals surface area contributed by atoms with Crippen LogP contribution in [0, 0.1) is 0 Å². The number of benzene rings is 1. The maximum atomic E-state index is 12.1. The maximum Gasteiger partial charge on any atom is 0.240 e. The molecular weight excluding hydrogens is 262 g/mol. The van der Waals surface area contributed by atoms with Gasteiger partial charge in [0.05, 0.1) is 0 Å². The van der Waals surface area contributed by atoms with Gasteiger partial charge in [-0.05, 0) is 31.2 Å². The number of hydrogen-bond acceptors (Lipinski definition) is 2. The Morgan fingerprint density at radius 2 is 1.95 bits per heavy atom. The van der Waals surface area contributed by atoms with Crippen molar-refractivity contribution in [1.82, 2.24) is 15.2 Å². The van der Waals surface area contributed by atoms with Crippen LogP contribution in [0.4, 0.5) is 0 Å². The summed E-state index contributed by atoms with van der Waals surface area (Å²) in [7, 11) is 0. The lowest BCUT2D eigenvalue weighted by atomic mass is 10.2. The summed E-state index contributed by atoms with van der Waals surface area (Å²) in [6, 6.07) is 14.2. The van der Waals surface area contributed by atoms with Gasteiger partial charge in [-0.1, -0.05) is 37.3 Å². The molecule has 2 aromatic rings. The highest BCUT2D eigenvalue weighted by Gasteiger charge is 2.11. The second-order valence-electron chi connectivity index (χ2n) is 5.10. The predicted octanol–water partition coefficient (Wildman–Crippen LogP) is 2.48. The number of hydrogen-bond donors (Lipinski definition) is 2. The molecule has 112 valence electrons. The van der Waals surface area contributed by atoms with Crippen molar-refractivity contribution >= 4 is 5.91 Å². The van der Waals surface area contributed by atoms with Crippen molar-refractivity contribution < 1.29 is 4.79 Å². The zero-order chi connectivity index (χ0) is 15.1. The zero-order valence-corrected chi connectivity index (χ0v) is 12.7. The van der Waals surface area contributed by atoms with Gasteiger partial charge in [-0.2, -0.15) is 0 Å². The average Bonchev–Trinajstić information content (AvgIpc) is 2.95. The molecule has 0 saturated carbocycles. The molecule has 21 heavy (non-hydrogen) atoms. The summed E-state index contributed by atoms with van der Waals surface area (Å²) >= 11 is 0. The third kappa shape index (κ3) is 4.46. The fourth-order valence-corrected chi connectivity index (χ4v) is 2.38. The molecule has 2 N–H and O–H groups in total. The highest BCUT2D eigenvalue weighted by Crippen LogP contribution is 2.13. The third-order valence-electron chi connectivity index (χ3n) is 3.47. The Bertz CT molecular complexity index is 562. The molecule has 4 heteroatoms. The van der Waals surface area contributed by atoms with Crippen LogP contribution >= 0.6 is 0 Å². The summed E-state index contributed by atoms with van der Waals surface area (Å²) in [6.07, 6.45) is 1.95. The summed E-state index contributed by atoms with van der Waals surface area (Å²) in [4.78, 5) is 12.1. The van der Waals surface area contributed by atoms with Crippen molar-refractivity contribution in [3.8, 4) is 0 Å². The van der Waals surface area contributed by atoms with E-state index in [2.05, 4.69) is 30.5 Å². The number of amides is 1. The SMILES string of the molecule is CCNC(C)c1cccn1CC(=O)NCc1ccccc1. The minimum atomic E-state index is 0.0278. The van der Waals surface area contributed by atoms with Gasteiger partial charge in [0.1, 0.15) is 6.54 Å². The van der Waals surface area contributed by atoms with Crippen LogP contribution < -0.4 is 10.6 Å². The van der Waals surface area contributed by atoms with Gasteiger partial charge in [0.15, 0.2) is 0 Å². The Morgan fingerprint density at radius 3 is 2.67 bits per heavy atom. The van der Waals surface area contributed by atoms with Gasteiger partial charge < -0.3 is 15.2 Å². The van der Waals surface area contributed by atoms with E-state index in [1.807, 2.05) is 47.2 Å². The van der Waals surface area contributed by atoms with E-state index in [1.54, 1.807) is 0 Å². The lowest BCUT2D eigenvalue weighted by Gasteiger charge is -2.16. The monoisotopic (exact) mass is 285 g/mol. The van der Waals surface area contributed by atoms with Crippen molar-refractivity contribution in [1.29, 1.82) is 0 Å². The molecule has 0 saturated heterocycles. The number of nitrogens with one attached hydrogen (secondary N) is 2. The Labute approximate surface area is 126 Å². The first-order valence-electron chi connectivity index (χ1n) is 7.39. The number of carbonyl (C=O) groups excluding carboxylic acids is 1. The number of aromatic nitrogens is 1. The molecule has 1 heterocycles. The first-order chi connectivity index (χ1) is 10.2. The van der Waals surface area contributed by atoms with Crippen molar-refractivity contribution in [3.05, 3.63) is 59.9 Å².